The van der Waals surface area contributed by atoms with Crippen LogP contribution in [0.15, 0.2) is 29.2 Å². The van der Waals surface area contributed by atoms with Crippen molar-refractivity contribution in [2.24, 2.45) is 5.92 Å². The lowest BCUT2D eigenvalue weighted by Gasteiger charge is -2.16. The summed E-state index contributed by atoms with van der Waals surface area (Å²) in [6, 6.07) is 4.84. The molecular weight excluding hydrogens is 314 g/mol. The monoisotopic (exact) mass is 331 g/mol. The van der Waals surface area contributed by atoms with Gasteiger partial charge in [-0.3, -0.25) is 25.2 Å². The zero-order valence-electron chi connectivity index (χ0n) is 12.6. The number of aromatic nitrogens is 1. The van der Waals surface area contributed by atoms with Crippen LogP contribution in [0.3, 0.4) is 0 Å². The van der Waals surface area contributed by atoms with E-state index >= 15 is 0 Å². The summed E-state index contributed by atoms with van der Waals surface area (Å²) in [5.41, 5.74) is 5.32. The molecule has 2 heterocycles. The Bertz CT molecular complexity index is 809. The highest BCUT2D eigenvalue weighted by molar-refractivity contribution is 7.14. The minimum absolute atomic E-state index is 0.0490. The van der Waals surface area contributed by atoms with Gasteiger partial charge < -0.3 is 4.98 Å². The number of fused-ring (bicyclic) bond motifs is 1. The molecule has 2 aromatic heterocycles. The fraction of sp³-hybridized carbons (Fsp3) is 0.312. The number of hydrogen-bond acceptors (Lipinski definition) is 4. The van der Waals surface area contributed by atoms with Gasteiger partial charge >= 0.3 is 0 Å². The summed E-state index contributed by atoms with van der Waals surface area (Å²) < 4.78 is 0. The van der Waals surface area contributed by atoms with Gasteiger partial charge in [0.15, 0.2) is 0 Å². The number of hydrazine groups is 1. The maximum Gasteiger partial charge on any atom is 0.279 e. The summed E-state index contributed by atoms with van der Waals surface area (Å²) in [6.45, 7) is 2.21. The van der Waals surface area contributed by atoms with Crippen molar-refractivity contribution in [1.82, 2.24) is 15.8 Å². The fourth-order valence-electron chi connectivity index (χ4n) is 2.66. The average molecular weight is 331 g/mol. The molecule has 23 heavy (non-hydrogen) atoms. The molecule has 120 valence electrons. The molecule has 1 unspecified atom stereocenters. The van der Waals surface area contributed by atoms with Gasteiger partial charge in [0.05, 0.1) is 4.88 Å². The Kier molecular flexibility index (Phi) is 4.29. The summed E-state index contributed by atoms with van der Waals surface area (Å²) in [5.74, 6) is -0.370. The predicted octanol–water partition coefficient (Wildman–Crippen LogP) is 1.64. The molecule has 0 saturated heterocycles. The quantitative estimate of drug-likeness (QED) is 0.731. The number of H-pyrrole nitrogens is 1. The highest BCUT2D eigenvalue weighted by atomic mass is 32.1. The van der Waals surface area contributed by atoms with E-state index in [4.69, 9.17) is 0 Å². The highest BCUT2D eigenvalue weighted by Crippen LogP contribution is 2.32. The van der Waals surface area contributed by atoms with E-state index in [0.29, 0.717) is 10.8 Å². The van der Waals surface area contributed by atoms with E-state index in [2.05, 4.69) is 22.8 Å². The van der Waals surface area contributed by atoms with Crippen LogP contribution >= 0.6 is 11.3 Å². The summed E-state index contributed by atoms with van der Waals surface area (Å²) in [4.78, 5) is 39.8. The second-order valence-corrected chi connectivity index (χ2v) is 6.86. The first kappa shape index (κ1) is 15.5. The third-order valence-electron chi connectivity index (χ3n) is 3.91. The van der Waals surface area contributed by atoms with Crippen LogP contribution in [0, 0.1) is 5.92 Å². The molecule has 0 fully saturated rings. The van der Waals surface area contributed by atoms with Crippen molar-refractivity contribution in [2.45, 2.75) is 26.2 Å². The van der Waals surface area contributed by atoms with E-state index in [-0.39, 0.29) is 11.5 Å². The molecule has 7 heteroatoms. The van der Waals surface area contributed by atoms with Crippen LogP contribution < -0.4 is 16.4 Å². The standard InChI is InChI=1S/C16H17N3O3S/c1-9-4-5-12-10(7-9)8-13(23-12)16(22)19-18-15(21)11-3-2-6-17-14(11)20/h2-3,6,8-9H,4-5,7H2,1H3,(H,17,20)(H,18,21)(H,19,22). The van der Waals surface area contributed by atoms with Gasteiger partial charge in [0.1, 0.15) is 5.56 Å². The lowest BCUT2D eigenvalue weighted by Crippen LogP contribution is -2.43. The Hall–Kier alpha value is -2.41. The first-order valence-electron chi connectivity index (χ1n) is 7.44. The van der Waals surface area contributed by atoms with Crippen LogP contribution in [0.1, 0.15) is 43.8 Å². The average Bonchev–Trinajstić information content (AvgIpc) is 2.95. The zero-order chi connectivity index (χ0) is 16.4. The number of aromatic amines is 1. The van der Waals surface area contributed by atoms with Gasteiger partial charge in [-0.2, -0.15) is 0 Å². The predicted molar refractivity (Wildman–Crippen MR) is 87.5 cm³/mol. The minimum Gasteiger partial charge on any atom is -0.328 e. The SMILES string of the molecule is CC1CCc2sc(C(=O)NNC(=O)c3ccc[nH]c3=O)cc2C1. The Balaban J connectivity index is 1.65. The number of hydrogen-bond donors (Lipinski definition) is 3. The second kappa shape index (κ2) is 6.37. The van der Waals surface area contributed by atoms with Crippen molar-refractivity contribution in [3.63, 3.8) is 0 Å². The number of thiophene rings is 1. The van der Waals surface area contributed by atoms with Crippen LogP contribution in [-0.4, -0.2) is 16.8 Å². The van der Waals surface area contributed by atoms with Gasteiger partial charge in [-0.1, -0.05) is 6.92 Å². The Morgan fingerprint density at radius 3 is 2.87 bits per heavy atom. The van der Waals surface area contributed by atoms with Crippen LogP contribution in [0.4, 0.5) is 0 Å². The van der Waals surface area contributed by atoms with Gasteiger partial charge in [0.25, 0.3) is 17.4 Å². The van der Waals surface area contributed by atoms with Crippen molar-refractivity contribution in [2.75, 3.05) is 0 Å². The number of pyridine rings is 1. The molecule has 0 saturated carbocycles. The first-order chi connectivity index (χ1) is 11.0. The van der Waals surface area contributed by atoms with E-state index in [9.17, 15) is 14.4 Å². The Morgan fingerprint density at radius 1 is 1.30 bits per heavy atom. The van der Waals surface area contributed by atoms with Crippen LogP contribution in [0.2, 0.25) is 0 Å². The van der Waals surface area contributed by atoms with Crippen LogP contribution in [0.5, 0.6) is 0 Å². The Morgan fingerprint density at radius 2 is 2.09 bits per heavy atom. The molecule has 3 N–H and O–H groups in total. The van der Waals surface area contributed by atoms with E-state index in [1.54, 1.807) is 6.07 Å². The summed E-state index contributed by atoms with van der Waals surface area (Å²) in [7, 11) is 0. The topological polar surface area (TPSA) is 91.1 Å². The molecule has 6 nitrogen and oxygen atoms in total. The van der Waals surface area contributed by atoms with Crippen molar-refractivity contribution in [1.29, 1.82) is 0 Å². The number of aryl methyl sites for hydroxylation is 1. The van der Waals surface area contributed by atoms with E-state index < -0.39 is 11.5 Å². The second-order valence-electron chi connectivity index (χ2n) is 5.73. The minimum atomic E-state index is -0.643. The maximum atomic E-state index is 12.2. The molecule has 1 aliphatic carbocycles. The normalized spacial score (nSPS) is 16.5. The van der Waals surface area contributed by atoms with Crippen LogP contribution in [0.25, 0.3) is 0 Å². The smallest absolute Gasteiger partial charge is 0.279 e. The number of amides is 2. The van der Waals surface area contributed by atoms with E-state index in [1.807, 2.05) is 6.07 Å². The maximum absolute atomic E-state index is 12.2. The molecule has 0 spiro atoms. The molecule has 3 rings (SSSR count). The van der Waals surface area contributed by atoms with E-state index in [0.717, 1.165) is 19.3 Å². The van der Waals surface area contributed by atoms with Gasteiger partial charge in [0.2, 0.25) is 0 Å². The first-order valence-corrected chi connectivity index (χ1v) is 8.26. The highest BCUT2D eigenvalue weighted by Gasteiger charge is 2.21. The zero-order valence-corrected chi connectivity index (χ0v) is 13.5. The molecular formula is C16H17N3O3S. The molecule has 0 radical (unpaired) electrons. The molecule has 0 aromatic carbocycles. The van der Waals surface area contributed by atoms with Crippen molar-refractivity contribution >= 4 is 23.2 Å². The van der Waals surface area contributed by atoms with Gasteiger partial charge in [-0.05, 0) is 48.9 Å². The summed E-state index contributed by atoms with van der Waals surface area (Å²) >= 11 is 1.46. The molecule has 2 aromatic rings. The van der Waals surface area contributed by atoms with Gasteiger partial charge in [-0.25, -0.2) is 0 Å². The number of carbonyl (C=O) groups is 2. The van der Waals surface area contributed by atoms with Crippen LogP contribution in [-0.2, 0) is 12.8 Å². The molecule has 0 aliphatic heterocycles. The van der Waals surface area contributed by atoms with E-state index in [1.165, 1.54) is 34.0 Å². The van der Waals surface area contributed by atoms with Gasteiger partial charge in [-0.15, -0.1) is 11.3 Å². The molecule has 0 bridgehead atoms. The van der Waals surface area contributed by atoms with Crippen molar-refractivity contribution in [3.8, 4) is 0 Å². The molecule has 1 aliphatic rings. The third-order valence-corrected chi connectivity index (χ3v) is 5.14. The third kappa shape index (κ3) is 3.34. The number of rotatable bonds is 2. The fourth-order valence-corrected chi connectivity index (χ4v) is 3.76. The number of nitrogens with one attached hydrogen (secondary N) is 3. The molecule has 1 atom stereocenters. The Labute approximate surface area is 136 Å². The lowest BCUT2D eigenvalue weighted by molar-refractivity contribution is 0.0848. The van der Waals surface area contributed by atoms with Crippen molar-refractivity contribution in [3.05, 3.63) is 55.6 Å². The van der Waals surface area contributed by atoms with Crippen molar-refractivity contribution < 1.29 is 9.59 Å². The molecule has 2 amide bonds. The largest absolute Gasteiger partial charge is 0.328 e. The lowest BCUT2D eigenvalue weighted by atomic mass is 9.90. The van der Waals surface area contributed by atoms with Gasteiger partial charge in [0, 0.05) is 11.1 Å². The number of carbonyl (C=O) groups excluding carboxylic acids is 2. The summed E-state index contributed by atoms with van der Waals surface area (Å²) in [5, 5.41) is 0. The summed E-state index contributed by atoms with van der Waals surface area (Å²) in [6.07, 6.45) is 4.57.